The van der Waals surface area contributed by atoms with Crippen LogP contribution in [0.4, 0.5) is 5.13 Å². The number of hydrogen-bond donors (Lipinski definition) is 2. The van der Waals surface area contributed by atoms with Gasteiger partial charge in [-0.15, -0.1) is 22.6 Å². The van der Waals surface area contributed by atoms with Crippen LogP contribution in [0.1, 0.15) is 13.3 Å². The van der Waals surface area contributed by atoms with Crippen molar-refractivity contribution < 1.29 is 4.79 Å². The molecule has 0 aliphatic carbocycles. The van der Waals surface area contributed by atoms with Crippen LogP contribution in [-0.4, -0.2) is 29.2 Å². The Balaban J connectivity index is 0.00000112. The van der Waals surface area contributed by atoms with Crippen LogP contribution in [0.3, 0.4) is 0 Å². The predicted octanol–water partition coefficient (Wildman–Crippen LogP) is 0.898. The van der Waals surface area contributed by atoms with E-state index < -0.39 is 0 Å². The Morgan fingerprint density at radius 3 is 3.07 bits per heavy atom. The van der Waals surface area contributed by atoms with E-state index in [0.29, 0.717) is 5.13 Å². The number of anilines is 1. The molecule has 0 bridgehead atoms. The minimum Gasteiger partial charge on any atom is -0.316 e. The highest BCUT2D eigenvalue weighted by atomic mass is 35.5. The minimum atomic E-state index is -0.300. The Labute approximate surface area is 98.1 Å². The van der Waals surface area contributed by atoms with E-state index in [4.69, 9.17) is 0 Å². The summed E-state index contributed by atoms with van der Waals surface area (Å²) < 4.78 is 0. The fourth-order valence-corrected chi connectivity index (χ4v) is 1.93. The normalized spacial score (nSPS) is 24.6. The quantitative estimate of drug-likeness (QED) is 0.816. The van der Waals surface area contributed by atoms with E-state index in [9.17, 15) is 4.79 Å². The summed E-state index contributed by atoms with van der Waals surface area (Å²) in [6.07, 6.45) is 0.873. The Bertz CT molecular complexity index is 323. The Morgan fingerprint density at radius 2 is 2.53 bits per heavy atom. The van der Waals surface area contributed by atoms with Crippen molar-refractivity contribution in [1.29, 1.82) is 0 Å². The van der Waals surface area contributed by atoms with Crippen LogP contribution in [0.25, 0.3) is 0 Å². The molecule has 0 spiro atoms. The molecule has 7 heteroatoms. The van der Waals surface area contributed by atoms with Crippen LogP contribution in [-0.2, 0) is 4.79 Å². The molecule has 1 fully saturated rings. The SMILES string of the molecule is CC1(C(=O)Nc2nncs2)CCNC1.Cl. The van der Waals surface area contributed by atoms with Crippen molar-refractivity contribution in [2.24, 2.45) is 5.41 Å². The van der Waals surface area contributed by atoms with Gasteiger partial charge in [0.15, 0.2) is 0 Å². The van der Waals surface area contributed by atoms with Gasteiger partial charge >= 0.3 is 0 Å². The van der Waals surface area contributed by atoms with E-state index >= 15 is 0 Å². The summed E-state index contributed by atoms with van der Waals surface area (Å²) in [5, 5.41) is 14.0. The summed E-state index contributed by atoms with van der Waals surface area (Å²) in [4.78, 5) is 11.8. The summed E-state index contributed by atoms with van der Waals surface area (Å²) in [7, 11) is 0. The summed E-state index contributed by atoms with van der Waals surface area (Å²) in [5.41, 5.74) is 1.30. The number of aromatic nitrogens is 2. The van der Waals surface area contributed by atoms with Gasteiger partial charge in [0, 0.05) is 6.54 Å². The van der Waals surface area contributed by atoms with Gasteiger partial charge in [-0.1, -0.05) is 11.3 Å². The molecule has 0 radical (unpaired) electrons. The third kappa shape index (κ3) is 2.64. The van der Waals surface area contributed by atoms with Gasteiger partial charge in [-0.2, -0.15) is 0 Å². The molecule has 1 saturated heterocycles. The summed E-state index contributed by atoms with van der Waals surface area (Å²) in [6.45, 7) is 3.60. The number of rotatable bonds is 2. The first-order valence-electron chi connectivity index (χ1n) is 4.49. The molecule has 1 aromatic heterocycles. The topological polar surface area (TPSA) is 66.9 Å². The molecule has 15 heavy (non-hydrogen) atoms. The number of nitrogens with one attached hydrogen (secondary N) is 2. The molecule has 2 heterocycles. The van der Waals surface area contributed by atoms with Crippen LogP contribution in [0.2, 0.25) is 0 Å². The lowest BCUT2D eigenvalue weighted by Crippen LogP contribution is -2.35. The molecular formula is C8H13ClN4OS. The summed E-state index contributed by atoms with van der Waals surface area (Å²) >= 11 is 1.33. The fraction of sp³-hybridized carbons (Fsp3) is 0.625. The van der Waals surface area contributed by atoms with Crippen LogP contribution < -0.4 is 10.6 Å². The number of nitrogens with zero attached hydrogens (tertiary/aromatic N) is 2. The van der Waals surface area contributed by atoms with Gasteiger partial charge in [-0.3, -0.25) is 4.79 Å². The smallest absolute Gasteiger partial charge is 0.233 e. The number of hydrogen-bond acceptors (Lipinski definition) is 5. The number of carbonyl (C=O) groups is 1. The first-order valence-corrected chi connectivity index (χ1v) is 5.37. The van der Waals surface area contributed by atoms with Gasteiger partial charge in [-0.05, 0) is 19.9 Å². The lowest BCUT2D eigenvalue weighted by Gasteiger charge is -2.19. The molecule has 0 saturated carbocycles. The van der Waals surface area contributed by atoms with Crippen molar-refractivity contribution in [3.05, 3.63) is 5.51 Å². The Hall–Kier alpha value is -0.720. The molecule has 5 nitrogen and oxygen atoms in total. The zero-order valence-corrected chi connectivity index (χ0v) is 9.95. The highest BCUT2D eigenvalue weighted by Crippen LogP contribution is 2.26. The first-order chi connectivity index (χ1) is 6.71. The van der Waals surface area contributed by atoms with E-state index in [2.05, 4.69) is 20.8 Å². The average molecular weight is 249 g/mol. The maximum Gasteiger partial charge on any atom is 0.233 e. The predicted molar refractivity (Wildman–Crippen MR) is 61.4 cm³/mol. The van der Waals surface area contributed by atoms with Crippen molar-refractivity contribution in [3.63, 3.8) is 0 Å². The highest BCUT2D eigenvalue weighted by molar-refractivity contribution is 7.13. The second-order valence-electron chi connectivity index (χ2n) is 3.69. The standard InChI is InChI=1S/C8H12N4OS.ClH/c1-8(2-3-9-4-8)6(13)11-7-12-10-5-14-7;/h5,9H,2-4H2,1H3,(H,11,12,13);1H. The van der Waals surface area contributed by atoms with Gasteiger partial charge in [-0.25, -0.2) is 0 Å². The molecule has 2 rings (SSSR count). The summed E-state index contributed by atoms with van der Waals surface area (Å²) in [5.74, 6) is 0.0271. The Kier molecular flexibility index (Phi) is 4.01. The molecule has 1 aromatic rings. The maximum atomic E-state index is 11.8. The third-order valence-corrected chi connectivity index (χ3v) is 3.10. The van der Waals surface area contributed by atoms with Crippen LogP contribution in [0, 0.1) is 5.41 Å². The van der Waals surface area contributed by atoms with Crippen molar-refractivity contribution in [2.45, 2.75) is 13.3 Å². The highest BCUT2D eigenvalue weighted by Gasteiger charge is 2.36. The molecule has 84 valence electrons. The first kappa shape index (κ1) is 12.4. The average Bonchev–Trinajstić information content (AvgIpc) is 2.76. The lowest BCUT2D eigenvalue weighted by atomic mass is 9.89. The van der Waals surface area contributed by atoms with E-state index in [0.717, 1.165) is 19.5 Å². The minimum absolute atomic E-state index is 0. The van der Waals surface area contributed by atoms with Gasteiger partial charge in [0.05, 0.1) is 5.41 Å². The zero-order valence-electron chi connectivity index (χ0n) is 8.32. The zero-order chi connectivity index (χ0) is 10.0. The van der Waals surface area contributed by atoms with E-state index in [-0.39, 0.29) is 23.7 Å². The lowest BCUT2D eigenvalue weighted by molar-refractivity contribution is -0.123. The monoisotopic (exact) mass is 248 g/mol. The van der Waals surface area contributed by atoms with E-state index in [1.54, 1.807) is 5.51 Å². The summed E-state index contributed by atoms with van der Waals surface area (Å²) in [6, 6.07) is 0. The van der Waals surface area contributed by atoms with E-state index in [1.807, 2.05) is 6.92 Å². The van der Waals surface area contributed by atoms with Crippen LogP contribution >= 0.6 is 23.7 Å². The molecule has 2 N–H and O–H groups in total. The van der Waals surface area contributed by atoms with E-state index in [1.165, 1.54) is 11.3 Å². The molecule has 1 atom stereocenters. The van der Waals surface area contributed by atoms with Gasteiger partial charge in [0.1, 0.15) is 5.51 Å². The number of amides is 1. The molecular weight excluding hydrogens is 236 g/mol. The molecule has 1 aliphatic heterocycles. The maximum absolute atomic E-state index is 11.8. The fourth-order valence-electron chi connectivity index (χ4n) is 1.49. The van der Waals surface area contributed by atoms with Gasteiger partial charge < -0.3 is 10.6 Å². The molecule has 1 amide bonds. The van der Waals surface area contributed by atoms with Crippen molar-refractivity contribution in [3.8, 4) is 0 Å². The second-order valence-corrected chi connectivity index (χ2v) is 4.52. The van der Waals surface area contributed by atoms with Gasteiger partial charge in [0.2, 0.25) is 11.0 Å². The second kappa shape index (κ2) is 4.87. The number of carbonyl (C=O) groups excluding carboxylic acids is 1. The van der Waals surface area contributed by atoms with Crippen molar-refractivity contribution in [2.75, 3.05) is 18.4 Å². The largest absolute Gasteiger partial charge is 0.316 e. The molecule has 1 aliphatic rings. The van der Waals surface area contributed by atoms with Crippen molar-refractivity contribution in [1.82, 2.24) is 15.5 Å². The van der Waals surface area contributed by atoms with Gasteiger partial charge in [0.25, 0.3) is 0 Å². The number of halogens is 1. The van der Waals surface area contributed by atoms with Crippen molar-refractivity contribution >= 4 is 34.8 Å². The molecule has 1 unspecified atom stereocenters. The third-order valence-electron chi connectivity index (χ3n) is 2.50. The van der Waals surface area contributed by atoms with Crippen LogP contribution in [0.15, 0.2) is 5.51 Å². The Morgan fingerprint density at radius 1 is 1.73 bits per heavy atom. The van der Waals surface area contributed by atoms with Crippen LogP contribution in [0.5, 0.6) is 0 Å². The molecule has 0 aromatic carbocycles.